The van der Waals surface area contributed by atoms with Crippen molar-refractivity contribution < 1.29 is 9.53 Å². The van der Waals surface area contributed by atoms with Crippen LogP contribution in [-0.4, -0.2) is 50.7 Å². The minimum Gasteiger partial charge on any atom is -0.384 e. The average Bonchev–Trinajstić information content (AvgIpc) is 2.65. The molecular formula is C20H33N3O2. The number of hydrogen-bond donors (Lipinski definition) is 2. The largest absolute Gasteiger partial charge is 0.384 e. The highest BCUT2D eigenvalue weighted by Gasteiger charge is 2.39. The zero-order valence-corrected chi connectivity index (χ0v) is 15.9. The Hall–Kier alpha value is -1.43. The Morgan fingerprint density at radius 2 is 1.84 bits per heavy atom. The third-order valence-corrected chi connectivity index (χ3v) is 5.31. The first-order valence-electron chi connectivity index (χ1n) is 9.42. The Morgan fingerprint density at radius 3 is 2.44 bits per heavy atom. The SMILES string of the molecule is CCN(CC)Cc1ccccc1CNC(=O)C1(COC)CCNCC1. The van der Waals surface area contributed by atoms with Crippen LogP contribution in [0.5, 0.6) is 0 Å². The van der Waals surface area contributed by atoms with E-state index >= 15 is 0 Å². The van der Waals surface area contributed by atoms with Crippen molar-refractivity contribution in [2.45, 2.75) is 39.8 Å². The number of carbonyl (C=O) groups excluding carboxylic acids is 1. The molecule has 1 aliphatic heterocycles. The van der Waals surface area contributed by atoms with Crippen LogP contribution in [0.15, 0.2) is 24.3 Å². The second kappa shape index (κ2) is 9.90. The molecule has 1 saturated heterocycles. The van der Waals surface area contributed by atoms with E-state index in [1.165, 1.54) is 11.1 Å². The molecule has 2 rings (SSSR count). The highest BCUT2D eigenvalue weighted by atomic mass is 16.5. The van der Waals surface area contributed by atoms with E-state index in [9.17, 15) is 4.79 Å². The van der Waals surface area contributed by atoms with Gasteiger partial charge < -0.3 is 15.4 Å². The van der Waals surface area contributed by atoms with Crippen LogP contribution >= 0.6 is 0 Å². The molecule has 1 amide bonds. The maximum atomic E-state index is 12.9. The smallest absolute Gasteiger partial charge is 0.228 e. The van der Waals surface area contributed by atoms with Gasteiger partial charge in [-0.3, -0.25) is 9.69 Å². The highest BCUT2D eigenvalue weighted by Crippen LogP contribution is 2.29. The van der Waals surface area contributed by atoms with Crippen molar-refractivity contribution in [3.63, 3.8) is 0 Å². The summed E-state index contributed by atoms with van der Waals surface area (Å²) in [6.45, 7) is 10.1. The fraction of sp³-hybridized carbons (Fsp3) is 0.650. The van der Waals surface area contributed by atoms with Crippen LogP contribution in [0, 0.1) is 5.41 Å². The Balaban J connectivity index is 2.03. The van der Waals surface area contributed by atoms with Crippen molar-refractivity contribution in [2.75, 3.05) is 39.9 Å². The summed E-state index contributed by atoms with van der Waals surface area (Å²) in [5, 5.41) is 6.51. The van der Waals surface area contributed by atoms with Crippen LogP contribution in [0.4, 0.5) is 0 Å². The van der Waals surface area contributed by atoms with Crippen molar-refractivity contribution in [1.29, 1.82) is 0 Å². The summed E-state index contributed by atoms with van der Waals surface area (Å²) in [6, 6.07) is 8.39. The number of ether oxygens (including phenoxy) is 1. The van der Waals surface area contributed by atoms with Crippen molar-refractivity contribution in [1.82, 2.24) is 15.5 Å². The predicted molar refractivity (Wildman–Crippen MR) is 101 cm³/mol. The molecule has 0 aliphatic carbocycles. The number of amides is 1. The van der Waals surface area contributed by atoms with E-state index in [0.29, 0.717) is 13.2 Å². The molecule has 0 spiro atoms. The van der Waals surface area contributed by atoms with E-state index in [1.54, 1.807) is 7.11 Å². The van der Waals surface area contributed by atoms with Gasteiger partial charge in [-0.1, -0.05) is 38.1 Å². The first-order chi connectivity index (χ1) is 12.1. The minimum absolute atomic E-state index is 0.119. The summed E-state index contributed by atoms with van der Waals surface area (Å²) in [7, 11) is 1.68. The Bertz CT molecular complexity index is 532. The lowest BCUT2D eigenvalue weighted by molar-refractivity contribution is -0.136. The zero-order chi connectivity index (χ0) is 18.1. The molecule has 0 aromatic heterocycles. The predicted octanol–water partition coefficient (Wildman–Crippen LogP) is 2.16. The van der Waals surface area contributed by atoms with Crippen LogP contribution in [0.2, 0.25) is 0 Å². The Morgan fingerprint density at radius 1 is 1.20 bits per heavy atom. The summed E-state index contributed by atoms with van der Waals surface area (Å²) in [5.74, 6) is 0.119. The van der Waals surface area contributed by atoms with Gasteiger partial charge in [-0.15, -0.1) is 0 Å². The lowest BCUT2D eigenvalue weighted by Crippen LogP contribution is -2.50. The zero-order valence-electron chi connectivity index (χ0n) is 15.9. The Kier molecular flexibility index (Phi) is 7.88. The maximum absolute atomic E-state index is 12.9. The topological polar surface area (TPSA) is 53.6 Å². The number of piperidine rings is 1. The van der Waals surface area contributed by atoms with E-state index in [0.717, 1.165) is 45.6 Å². The number of nitrogens with one attached hydrogen (secondary N) is 2. The second-order valence-electron chi connectivity index (χ2n) is 6.88. The lowest BCUT2D eigenvalue weighted by Gasteiger charge is -2.35. The number of carbonyl (C=O) groups is 1. The van der Waals surface area contributed by atoms with Gasteiger partial charge in [0.15, 0.2) is 0 Å². The molecule has 5 heteroatoms. The monoisotopic (exact) mass is 347 g/mol. The molecule has 0 atom stereocenters. The fourth-order valence-electron chi connectivity index (χ4n) is 3.55. The van der Waals surface area contributed by atoms with E-state index in [-0.39, 0.29) is 5.91 Å². The first-order valence-corrected chi connectivity index (χ1v) is 9.42. The van der Waals surface area contributed by atoms with Gasteiger partial charge in [0.25, 0.3) is 0 Å². The van der Waals surface area contributed by atoms with E-state index in [1.807, 2.05) is 6.07 Å². The van der Waals surface area contributed by atoms with Gasteiger partial charge in [-0.25, -0.2) is 0 Å². The quantitative estimate of drug-likeness (QED) is 0.719. The standard InChI is InChI=1S/C20H33N3O2/c1-4-23(5-2)15-18-9-7-6-8-17(18)14-22-19(24)20(16-25-3)10-12-21-13-11-20/h6-9,21H,4-5,10-16H2,1-3H3,(H,22,24). The fourth-order valence-corrected chi connectivity index (χ4v) is 3.55. The van der Waals surface area contributed by atoms with Gasteiger partial charge in [0, 0.05) is 20.2 Å². The van der Waals surface area contributed by atoms with Crippen LogP contribution in [0.3, 0.4) is 0 Å². The third-order valence-electron chi connectivity index (χ3n) is 5.31. The second-order valence-corrected chi connectivity index (χ2v) is 6.88. The summed E-state index contributed by atoms with van der Waals surface area (Å²) in [5.41, 5.74) is 2.09. The number of benzene rings is 1. The summed E-state index contributed by atoms with van der Waals surface area (Å²) < 4.78 is 5.37. The maximum Gasteiger partial charge on any atom is 0.228 e. The molecule has 140 valence electrons. The molecule has 1 fully saturated rings. The number of rotatable bonds is 9. The molecule has 1 heterocycles. The molecule has 1 aromatic rings. The van der Waals surface area contributed by atoms with Crippen LogP contribution in [0.1, 0.15) is 37.8 Å². The van der Waals surface area contributed by atoms with Crippen molar-refractivity contribution in [3.05, 3.63) is 35.4 Å². The third kappa shape index (κ3) is 5.27. The molecule has 0 saturated carbocycles. The molecule has 25 heavy (non-hydrogen) atoms. The van der Waals surface area contributed by atoms with Crippen LogP contribution in [-0.2, 0) is 22.6 Å². The lowest BCUT2D eigenvalue weighted by atomic mass is 9.78. The molecule has 1 aliphatic rings. The van der Waals surface area contributed by atoms with Gasteiger partial charge in [0.2, 0.25) is 5.91 Å². The molecule has 0 unspecified atom stereocenters. The summed E-state index contributed by atoms with van der Waals surface area (Å²) in [4.78, 5) is 15.3. The Labute approximate surface area is 152 Å². The highest BCUT2D eigenvalue weighted by molar-refractivity contribution is 5.83. The number of methoxy groups -OCH3 is 1. The average molecular weight is 348 g/mol. The van der Waals surface area contributed by atoms with Crippen LogP contribution in [0.25, 0.3) is 0 Å². The van der Waals surface area contributed by atoms with Gasteiger partial charge in [-0.2, -0.15) is 0 Å². The van der Waals surface area contributed by atoms with Crippen LogP contribution < -0.4 is 10.6 Å². The molecule has 0 bridgehead atoms. The molecule has 5 nitrogen and oxygen atoms in total. The molecule has 2 N–H and O–H groups in total. The van der Waals surface area contributed by atoms with Crippen molar-refractivity contribution >= 4 is 5.91 Å². The van der Waals surface area contributed by atoms with Gasteiger partial charge in [-0.05, 0) is 50.1 Å². The van der Waals surface area contributed by atoms with Gasteiger partial charge >= 0.3 is 0 Å². The van der Waals surface area contributed by atoms with Crippen molar-refractivity contribution in [2.24, 2.45) is 5.41 Å². The van der Waals surface area contributed by atoms with E-state index in [4.69, 9.17) is 4.74 Å². The normalized spacial score (nSPS) is 16.8. The minimum atomic E-state index is -0.395. The molecule has 0 radical (unpaired) electrons. The molecular weight excluding hydrogens is 314 g/mol. The summed E-state index contributed by atoms with van der Waals surface area (Å²) in [6.07, 6.45) is 1.65. The summed E-state index contributed by atoms with van der Waals surface area (Å²) >= 11 is 0. The number of hydrogen-bond acceptors (Lipinski definition) is 4. The van der Waals surface area contributed by atoms with Gasteiger partial charge in [0.1, 0.15) is 0 Å². The number of nitrogens with zero attached hydrogens (tertiary/aromatic N) is 1. The van der Waals surface area contributed by atoms with Crippen molar-refractivity contribution in [3.8, 4) is 0 Å². The van der Waals surface area contributed by atoms with E-state index in [2.05, 4.69) is 47.6 Å². The molecule has 1 aromatic carbocycles. The van der Waals surface area contributed by atoms with E-state index < -0.39 is 5.41 Å². The van der Waals surface area contributed by atoms with Gasteiger partial charge in [0.05, 0.1) is 12.0 Å². The first kappa shape index (κ1) is 19.9.